The Morgan fingerprint density at radius 1 is 1.11 bits per heavy atom. The lowest BCUT2D eigenvalue weighted by Crippen LogP contribution is -2.00. The molecule has 0 bridgehead atoms. The molecule has 0 aliphatic rings. The van der Waals surface area contributed by atoms with Gasteiger partial charge in [-0.25, -0.2) is 9.18 Å². The molecule has 0 aromatic heterocycles. The summed E-state index contributed by atoms with van der Waals surface area (Å²) in [5.41, 5.74) is 1.09. The normalized spacial score (nSPS) is 11.4. The summed E-state index contributed by atoms with van der Waals surface area (Å²) in [6, 6.07) is 12.3. The minimum atomic E-state index is -1.09. The molecule has 19 heavy (non-hydrogen) atoms. The second kappa shape index (κ2) is 5.67. The average Bonchev–Trinajstić information content (AvgIpc) is 2.39. The number of carboxylic acids is 1. The van der Waals surface area contributed by atoms with Crippen LogP contribution in [-0.4, -0.2) is 11.1 Å². The van der Waals surface area contributed by atoms with Crippen LogP contribution in [0.15, 0.2) is 48.5 Å². The fourth-order valence-electron chi connectivity index (χ4n) is 1.66. The van der Waals surface area contributed by atoms with Gasteiger partial charge >= 0.3 is 5.97 Å². The molecule has 0 amide bonds. The number of benzene rings is 2. The summed E-state index contributed by atoms with van der Waals surface area (Å²) in [5.74, 6) is -1.45. The van der Waals surface area contributed by atoms with Crippen molar-refractivity contribution in [1.29, 1.82) is 0 Å². The highest BCUT2D eigenvalue weighted by Crippen LogP contribution is 2.25. The van der Waals surface area contributed by atoms with Gasteiger partial charge in [0.05, 0.1) is 5.57 Å². The molecule has 2 nitrogen and oxygen atoms in total. The van der Waals surface area contributed by atoms with Gasteiger partial charge in [0.25, 0.3) is 0 Å². The minimum absolute atomic E-state index is 0.0669. The van der Waals surface area contributed by atoms with Crippen molar-refractivity contribution in [2.45, 2.75) is 0 Å². The van der Waals surface area contributed by atoms with Crippen LogP contribution in [0.1, 0.15) is 11.1 Å². The molecule has 2 rings (SSSR count). The van der Waals surface area contributed by atoms with Crippen molar-refractivity contribution in [1.82, 2.24) is 0 Å². The Bertz CT molecular complexity index is 633. The second-order valence-corrected chi connectivity index (χ2v) is 4.30. The SMILES string of the molecule is O=C(O)/C(=C/c1ccc(F)cc1)c1ccccc1Cl. The lowest BCUT2D eigenvalue weighted by molar-refractivity contribution is -0.130. The Morgan fingerprint density at radius 3 is 2.32 bits per heavy atom. The van der Waals surface area contributed by atoms with Crippen LogP contribution in [0.3, 0.4) is 0 Å². The van der Waals surface area contributed by atoms with E-state index in [0.717, 1.165) is 0 Å². The number of halogens is 2. The van der Waals surface area contributed by atoms with Crippen molar-refractivity contribution in [3.05, 3.63) is 70.5 Å². The predicted molar refractivity (Wildman–Crippen MR) is 73.4 cm³/mol. The van der Waals surface area contributed by atoms with Crippen LogP contribution in [0.5, 0.6) is 0 Å². The molecule has 0 aliphatic carbocycles. The van der Waals surface area contributed by atoms with Gasteiger partial charge < -0.3 is 5.11 Å². The first-order chi connectivity index (χ1) is 9.08. The molecule has 0 fully saturated rings. The summed E-state index contributed by atoms with van der Waals surface area (Å²) in [4.78, 5) is 11.3. The predicted octanol–water partition coefficient (Wildman–Crippen LogP) is 4.10. The summed E-state index contributed by atoms with van der Waals surface area (Å²) in [7, 11) is 0. The molecule has 0 unspecified atom stereocenters. The van der Waals surface area contributed by atoms with Crippen LogP contribution in [-0.2, 0) is 4.79 Å². The van der Waals surface area contributed by atoms with E-state index in [2.05, 4.69) is 0 Å². The van der Waals surface area contributed by atoms with E-state index in [1.165, 1.54) is 30.3 Å². The molecule has 2 aromatic rings. The first kappa shape index (κ1) is 13.3. The third-order valence-corrected chi connectivity index (χ3v) is 2.91. The van der Waals surface area contributed by atoms with Crippen LogP contribution in [0.4, 0.5) is 4.39 Å². The van der Waals surface area contributed by atoms with Crippen LogP contribution >= 0.6 is 11.6 Å². The zero-order valence-electron chi connectivity index (χ0n) is 9.81. The zero-order valence-corrected chi connectivity index (χ0v) is 10.6. The summed E-state index contributed by atoms with van der Waals surface area (Å²) in [6.07, 6.45) is 1.46. The van der Waals surface area contributed by atoms with Gasteiger partial charge in [0.1, 0.15) is 5.82 Å². The Balaban J connectivity index is 2.50. The van der Waals surface area contributed by atoms with Gasteiger partial charge in [0.2, 0.25) is 0 Å². The molecule has 1 N–H and O–H groups in total. The van der Waals surface area contributed by atoms with Gasteiger partial charge in [-0.15, -0.1) is 0 Å². The number of carboxylic acid groups (broad SMARTS) is 1. The number of hydrogen-bond donors (Lipinski definition) is 1. The van der Waals surface area contributed by atoms with Crippen molar-refractivity contribution in [3.8, 4) is 0 Å². The van der Waals surface area contributed by atoms with E-state index in [4.69, 9.17) is 11.6 Å². The minimum Gasteiger partial charge on any atom is -0.478 e. The van der Waals surface area contributed by atoms with E-state index in [9.17, 15) is 14.3 Å². The van der Waals surface area contributed by atoms with Gasteiger partial charge in [-0.3, -0.25) is 0 Å². The van der Waals surface area contributed by atoms with E-state index >= 15 is 0 Å². The number of aliphatic carboxylic acids is 1. The van der Waals surface area contributed by atoms with Crippen LogP contribution in [0, 0.1) is 5.82 Å². The number of rotatable bonds is 3. The van der Waals surface area contributed by atoms with Crippen LogP contribution in [0.2, 0.25) is 5.02 Å². The highest BCUT2D eigenvalue weighted by molar-refractivity contribution is 6.35. The quantitative estimate of drug-likeness (QED) is 0.677. The van der Waals surface area contributed by atoms with Gasteiger partial charge in [0.15, 0.2) is 0 Å². The Labute approximate surface area is 114 Å². The first-order valence-electron chi connectivity index (χ1n) is 5.53. The summed E-state index contributed by atoms with van der Waals surface area (Å²) in [5, 5.41) is 9.63. The van der Waals surface area contributed by atoms with Crippen LogP contribution < -0.4 is 0 Å². The molecule has 4 heteroatoms. The lowest BCUT2D eigenvalue weighted by atomic mass is 10.0. The van der Waals surface area contributed by atoms with E-state index in [1.807, 2.05) is 0 Å². The molecule has 96 valence electrons. The average molecular weight is 277 g/mol. The van der Waals surface area contributed by atoms with Crippen molar-refractivity contribution in [3.63, 3.8) is 0 Å². The molecule has 0 radical (unpaired) electrons. The number of hydrogen-bond acceptors (Lipinski definition) is 1. The van der Waals surface area contributed by atoms with E-state index < -0.39 is 5.97 Å². The van der Waals surface area contributed by atoms with Crippen molar-refractivity contribution in [2.75, 3.05) is 0 Å². The molecule has 0 atom stereocenters. The molecule has 0 saturated heterocycles. The van der Waals surface area contributed by atoms with E-state index in [-0.39, 0.29) is 11.4 Å². The maximum absolute atomic E-state index is 12.8. The first-order valence-corrected chi connectivity index (χ1v) is 5.91. The van der Waals surface area contributed by atoms with Crippen molar-refractivity contribution >= 4 is 29.2 Å². The highest BCUT2D eigenvalue weighted by Gasteiger charge is 2.13. The van der Waals surface area contributed by atoms with Crippen LogP contribution in [0.25, 0.3) is 11.6 Å². The molecule has 0 aliphatic heterocycles. The maximum atomic E-state index is 12.8. The summed E-state index contributed by atoms with van der Waals surface area (Å²) < 4.78 is 12.8. The monoisotopic (exact) mass is 276 g/mol. The third kappa shape index (κ3) is 3.20. The largest absolute Gasteiger partial charge is 0.478 e. The van der Waals surface area contributed by atoms with Crippen molar-refractivity contribution in [2.24, 2.45) is 0 Å². The van der Waals surface area contributed by atoms with Crippen molar-refractivity contribution < 1.29 is 14.3 Å². The fourth-order valence-corrected chi connectivity index (χ4v) is 1.90. The standard InChI is InChI=1S/C15H10ClFO2/c16-14-4-2-1-3-12(14)13(15(18)19)9-10-5-7-11(17)8-6-10/h1-9H,(H,18,19)/b13-9+. The van der Waals surface area contributed by atoms with Gasteiger partial charge in [-0.1, -0.05) is 41.9 Å². The topological polar surface area (TPSA) is 37.3 Å². The number of carbonyl (C=O) groups is 1. The molecular formula is C15H10ClFO2. The Morgan fingerprint density at radius 2 is 1.74 bits per heavy atom. The zero-order chi connectivity index (χ0) is 13.8. The third-order valence-electron chi connectivity index (χ3n) is 2.58. The van der Waals surface area contributed by atoms with E-state index in [0.29, 0.717) is 16.1 Å². The summed E-state index contributed by atoms with van der Waals surface area (Å²) >= 11 is 5.99. The Hall–Kier alpha value is -2.13. The van der Waals surface area contributed by atoms with Gasteiger partial charge in [0, 0.05) is 10.6 Å². The van der Waals surface area contributed by atoms with Gasteiger partial charge in [-0.2, -0.15) is 0 Å². The fraction of sp³-hybridized carbons (Fsp3) is 0. The maximum Gasteiger partial charge on any atom is 0.336 e. The Kier molecular flexibility index (Phi) is 3.97. The molecular weight excluding hydrogens is 267 g/mol. The molecule has 0 spiro atoms. The van der Waals surface area contributed by atoms with E-state index in [1.54, 1.807) is 24.3 Å². The molecule has 0 saturated carbocycles. The highest BCUT2D eigenvalue weighted by atomic mass is 35.5. The smallest absolute Gasteiger partial charge is 0.336 e. The summed E-state index contributed by atoms with van der Waals surface area (Å²) in [6.45, 7) is 0. The molecule has 2 aromatic carbocycles. The second-order valence-electron chi connectivity index (χ2n) is 3.89. The lowest BCUT2D eigenvalue weighted by Gasteiger charge is -2.05. The molecule has 0 heterocycles. The van der Waals surface area contributed by atoms with Gasteiger partial charge in [-0.05, 0) is 29.8 Å².